The van der Waals surface area contributed by atoms with Crippen LogP contribution < -0.4 is 4.74 Å². The zero-order valence-electron chi connectivity index (χ0n) is 29.5. The maximum atomic E-state index is 13.5. The molecule has 3 rings (SSSR count). The molecule has 1 aliphatic heterocycles. The van der Waals surface area contributed by atoms with Gasteiger partial charge in [0.05, 0.1) is 26.4 Å². The van der Waals surface area contributed by atoms with Gasteiger partial charge in [-0.3, -0.25) is 19.2 Å². The van der Waals surface area contributed by atoms with Gasteiger partial charge in [0.1, 0.15) is 11.5 Å². The van der Waals surface area contributed by atoms with E-state index >= 15 is 0 Å². The van der Waals surface area contributed by atoms with Crippen LogP contribution in [0.15, 0.2) is 24.3 Å². The lowest BCUT2D eigenvalue weighted by Crippen LogP contribution is -2.33. The Morgan fingerprint density at radius 2 is 0.870 bits per heavy atom. The smallest absolute Gasteiger partial charge is 0.325 e. The third kappa shape index (κ3) is 7.24. The molecule has 0 fully saturated rings. The molecular formula is C37H50O9. The lowest BCUT2D eigenvalue weighted by molar-refractivity contribution is -0.158. The summed E-state index contributed by atoms with van der Waals surface area (Å²) in [4.78, 5) is 53.9. The lowest BCUT2D eigenvalue weighted by atomic mass is 9.69. The van der Waals surface area contributed by atoms with Gasteiger partial charge >= 0.3 is 23.9 Å². The van der Waals surface area contributed by atoms with Crippen LogP contribution in [0.1, 0.15) is 128 Å². The predicted molar refractivity (Wildman–Crippen MR) is 174 cm³/mol. The number of hydrogen-bond donors (Lipinski definition) is 0. The van der Waals surface area contributed by atoms with Crippen LogP contribution in [0.25, 0.3) is 0 Å². The molecule has 252 valence electrons. The van der Waals surface area contributed by atoms with Crippen molar-refractivity contribution in [2.45, 2.75) is 111 Å². The summed E-state index contributed by atoms with van der Waals surface area (Å²) < 4.78 is 28.3. The molecule has 0 bridgehead atoms. The molecule has 9 nitrogen and oxygen atoms in total. The quantitative estimate of drug-likeness (QED) is 0.152. The van der Waals surface area contributed by atoms with Gasteiger partial charge in [0, 0.05) is 27.7 Å². The first-order valence-electron chi connectivity index (χ1n) is 16.1. The minimum Gasteiger partial charge on any atom is -0.465 e. The van der Waals surface area contributed by atoms with Crippen molar-refractivity contribution in [2.75, 3.05) is 26.4 Å². The van der Waals surface area contributed by atoms with Crippen LogP contribution in [0.3, 0.4) is 0 Å². The lowest BCUT2D eigenvalue weighted by Gasteiger charge is -2.40. The normalized spacial score (nSPS) is 13.8. The van der Waals surface area contributed by atoms with Gasteiger partial charge in [0.25, 0.3) is 0 Å². The summed E-state index contributed by atoms with van der Waals surface area (Å²) in [6.07, 6.45) is 0. The second-order valence-corrected chi connectivity index (χ2v) is 14.0. The van der Waals surface area contributed by atoms with Gasteiger partial charge < -0.3 is 23.7 Å². The van der Waals surface area contributed by atoms with E-state index in [0.29, 0.717) is 0 Å². The highest BCUT2D eigenvalue weighted by Crippen LogP contribution is 2.55. The SMILES string of the molecule is CCOC(=O)C(C(=O)OCC)c1cc(C(C)(C)C)cc2c1Oc1c(C(C(=O)OCC)C(=O)OCC)cc(C(C)(C)C)cc1C2(C)C. The zero-order valence-corrected chi connectivity index (χ0v) is 29.5. The minimum absolute atomic E-state index is 0.0611. The Bertz CT molecular complexity index is 1340. The summed E-state index contributed by atoms with van der Waals surface area (Å²) in [6, 6.07) is 7.64. The fourth-order valence-corrected chi connectivity index (χ4v) is 5.60. The number of fused-ring (bicyclic) bond motifs is 2. The molecule has 1 heterocycles. The maximum Gasteiger partial charge on any atom is 0.325 e. The molecule has 0 radical (unpaired) electrons. The number of ether oxygens (including phenoxy) is 5. The van der Waals surface area contributed by atoms with Crippen molar-refractivity contribution in [3.05, 3.63) is 57.6 Å². The van der Waals surface area contributed by atoms with Crippen LogP contribution in [0.4, 0.5) is 0 Å². The Hall–Kier alpha value is -3.88. The van der Waals surface area contributed by atoms with E-state index in [1.807, 2.05) is 67.5 Å². The number of carbonyl (C=O) groups excluding carboxylic acids is 4. The number of esters is 4. The second kappa shape index (κ2) is 13.9. The van der Waals surface area contributed by atoms with Crippen LogP contribution in [0, 0.1) is 0 Å². The summed E-state index contributed by atoms with van der Waals surface area (Å²) in [5.74, 6) is -5.38. The molecule has 9 heteroatoms. The van der Waals surface area contributed by atoms with Crippen LogP contribution >= 0.6 is 0 Å². The Morgan fingerprint density at radius 1 is 0.587 bits per heavy atom. The predicted octanol–water partition coefficient (Wildman–Crippen LogP) is 7.13. The molecule has 0 unspecified atom stereocenters. The Morgan fingerprint density at radius 3 is 1.11 bits per heavy atom. The largest absolute Gasteiger partial charge is 0.465 e. The van der Waals surface area contributed by atoms with E-state index in [1.165, 1.54) is 0 Å². The topological polar surface area (TPSA) is 114 Å². The van der Waals surface area contributed by atoms with E-state index in [2.05, 4.69) is 0 Å². The zero-order chi connectivity index (χ0) is 34.8. The van der Waals surface area contributed by atoms with Gasteiger partial charge in [0.15, 0.2) is 11.8 Å². The molecule has 0 spiro atoms. The van der Waals surface area contributed by atoms with Crippen molar-refractivity contribution in [3.63, 3.8) is 0 Å². The molecule has 0 saturated heterocycles. The Balaban J connectivity index is 2.52. The number of benzene rings is 2. The molecule has 1 aliphatic rings. The Kier molecular flexibility index (Phi) is 11.0. The number of hydrogen-bond acceptors (Lipinski definition) is 9. The van der Waals surface area contributed by atoms with Crippen LogP contribution in [-0.4, -0.2) is 50.3 Å². The molecule has 0 saturated carbocycles. The molecule has 0 aliphatic carbocycles. The van der Waals surface area contributed by atoms with Gasteiger partial charge in [-0.1, -0.05) is 79.7 Å². The summed E-state index contributed by atoms with van der Waals surface area (Å²) in [6.45, 7) is 23.2. The molecule has 2 aromatic carbocycles. The summed E-state index contributed by atoms with van der Waals surface area (Å²) >= 11 is 0. The highest BCUT2D eigenvalue weighted by molar-refractivity contribution is 6.03. The average Bonchev–Trinajstić information content (AvgIpc) is 2.93. The molecule has 46 heavy (non-hydrogen) atoms. The first-order chi connectivity index (χ1) is 21.3. The Labute approximate surface area is 273 Å². The molecular weight excluding hydrogens is 588 g/mol. The monoisotopic (exact) mass is 638 g/mol. The first-order valence-corrected chi connectivity index (χ1v) is 16.1. The summed E-state index contributed by atoms with van der Waals surface area (Å²) in [5, 5.41) is 0. The van der Waals surface area contributed by atoms with E-state index in [0.717, 1.165) is 22.3 Å². The highest BCUT2D eigenvalue weighted by atomic mass is 16.6. The van der Waals surface area contributed by atoms with Crippen molar-refractivity contribution in [2.24, 2.45) is 0 Å². The summed E-state index contributed by atoms with van der Waals surface area (Å²) in [7, 11) is 0. The fraction of sp³-hybridized carbons (Fsp3) is 0.568. The van der Waals surface area contributed by atoms with Crippen molar-refractivity contribution in [3.8, 4) is 11.5 Å². The van der Waals surface area contributed by atoms with Crippen LogP contribution in [0.5, 0.6) is 11.5 Å². The van der Waals surface area contributed by atoms with Crippen molar-refractivity contribution in [1.29, 1.82) is 0 Å². The van der Waals surface area contributed by atoms with E-state index in [9.17, 15) is 19.2 Å². The number of carbonyl (C=O) groups is 4. The fourth-order valence-electron chi connectivity index (χ4n) is 5.60. The van der Waals surface area contributed by atoms with E-state index in [1.54, 1.807) is 39.8 Å². The van der Waals surface area contributed by atoms with Gasteiger partial charge in [-0.05, 0) is 49.7 Å². The maximum absolute atomic E-state index is 13.5. The first kappa shape index (κ1) is 36.6. The van der Waals surface area contributed by atoms with Crippen molar-refractivity contribution >= 4 is 23.9 Å². The minimum atomic E-state index is -1.43. The second-order valence-electron chi connectivity index (χ2n) is 14.0. The van der Waals surface area contributed by atoms with Gasteiger partial charge in [-0.15, -0.1) is 0 Å². The molecule has 0 aromatic heterocycles. The van der Waals surface area contributed by atoms with E-state index in [-0.39, 0.29) is 59.9 Å². The van der Waals surface area contributed by atoms with Gasteiger partial charge in [0.2, 0.25) is 0 Å². The molecule has 0 amide bonds. The van der Waals surface area contributed by atoms with Gasteiger partial charge in [-0.2, -0.15) is 0 Å². The molecule has 2 aromatic rings. The third-order valence-corrected chi connectivity index (χ3v) is 8.23. The average molecular weight is 639 g/mol. The van der Waals surface area contributed by atoms with Crippen LogP contribution in [0.2, 0.25) is 0 Å². The highest BCUT2D eigenvalue weighted by Gasteiger charge is 2.45. The molecule has 0 N–H and O–H groups in total. The van der Waals surface area contributed by atoms with Crippen molar-refractivity contribution < 1.29 is 42.9 Å². The van der Waals surface area contributed by atoms with E-state index < -0.39 is 41.1 Å². The number of rotatable bonds is 10. The third-order valence-electron chi connectivity index (χ3n) is 8.23. The summed E-state index contributed by atoms with van der Waals surface area (Å²) in [5.41, 5.74) is 2.28. The molecule has 0 atom stereocenters. The standard InChI is InChI=1S/C37H50O9/c1-13-42-31(38)27(32(39)43-14-2)23-17-21(35(5,6)7)19-25-29(23)46-30-24(28(33(40)44-15-3)34(41)45-16-4)18-22(36(8,9)10)20-26(30)37(25,11)12/h17-20,27-28H,13-16H2,1-12H3. The van der Waals surface area contributed by atoms with Crippen molar-refractivity contribution in [1.82, 2.24) is 0 Å². The van der Waals surface area contributed by atoms with Crippen LogP contribution in [-0.2, 0) is 54.4 Å². The van der Waals surface area contributed by atoms with E-state index in [4.69, 9.17) is 23.7 Å². The van der Waals surface area contributed by atoms with Gasteiger partial charge in [-0.25, -0.2) is 0 Å².